The summed E-state index contributed by atoms with van der Waals surface area (Å²) in [6.45, 7) is 1.86. The lowest BCUT2D eigenvalue weighted by molar-refractivity contribution is -0.930. The number of quaternary nitrogens is 1. The number of hydrogen-bond donors (Lipinski definition) is 3. The van der Waals surface area contributed by atoms with Crippen LogP contribution in [0.15, 0.2) is 0 Å². The summed E-state index contributed by atoms with van der Waals surface area (Å²) in [5.74, 6) is 0.656. The highest BCUT2D eigenvalue weighted by atomic mass is 32.1. The molecule has 74 valence electrons. The topological polar surface area (TPSA) is 40.5 Å². The van der Waals surface area contributed by atoms with Crippen LogP contribution >= 0.6 is 12.6 Å². The molecule has 0 aliphatic carbocycles. The molecule has 0 aromatic heterocycles. The predicted octanol–water partition coefficient (Wildman–Crippen LogP) is 0.0819. The third-order valence-corrected chi connectivity index (χ3v) is 2.93. The molecule has 0 aromatic carbocycles. The maximum atomic E-state index is 9.24. The van der Waals surface area contributed by atoms with Crippen molar-refractivity contribution in [3.8, 4) is 0 Å². The first-order valence-electron chi connectivity index (χ1n) is 4.04. The Balaban J connectivity index is 4.62. The second-order valence-corrected chi connectivity index (χ2v) is 4.66. The minimum atomic E-state index is -1.30. The number of aliphatic hydroxyl groups is 2. The second kappa shape index (κ2) is 3.96. The van der Waals surface area contributed by atoms with Crippen molar-refractivity contribution in [2.24, 2.45) is 0 Å². The molecule has 0 saturated heterocycles. The lowest BCUT2D eigenvalue weighted by Gasteiger charge is -2.44. The van der Waals surface area contributed by atoms with Crippen molar-refractivity contribution in [1.82, 2.24) is 0 Å². The molecule has 4 heteroatoms. The van der Waals surface area contributed by atoms with Crippen molar-refractivity contribution < 1.29 is 14.7 Å². The molecule has 12 heavy (non-hydrogen) atoms. The van der Waals surface area contributed by atoms with Crippen LogP contribution in [-0.2, 0) is 0 Å². The van der Waals surface area contributed by atoms with Gasteiger partial charge in [-0.2, -0.15) is 12.6 Å². The number of aliphatic hydroxyl groups excluding tert-OH is 1. The number of rotatable bonds is 4. The minimum Gasteiger partial charge on any atom is -0.363 e. The Morgan fingerprint density at radius 2 is 1.75 bits per heavy atom. The van der Waals surface area contributed by atoms with Gasteiger partial charge in [0.1, 0.15) is 5.54 Å². The van der Waals surface area contributed by atoms with Crippen LogP contribution in [0.4, 0.5) is 0 Å². The van der Waals surface area contributed by atoms with Crippen molar-refractivity contribution in [2.75, 3.05) is 26.9 Å². The average Bonchev–Trinajstić information content (AvgIpc) is 1.85. The van der Waals surface area contributed by atoms with Crippen LogP contribution in [0.5, 0.6) is 0 Å². The summed E-state index contributed by atoms with van der Waals surface area (Å²) in [7, 11) is 5.84. The molecule has 1 unspecified atom stereocenters. The zero-order valence-electron chi connectivity index (χ0n) is 8.28. The zero-order valence-corrected chi connectivity index (χ0v) is 9.17. The van der Waals surface area contributed by atoms with Crippen molar-refractivity contribution in [3.63, 3.8) is 0 Å². The van der Waals surface area contributed by atoms with E-state index in [9.17, 15) is 10.2 Å². The summed E-state index contributed by atoms with van der Waals surface area (Å²) in [5.41, 5.74) is -0.540. The first kappa shape index (κ1) is 12.2. The number of thiol groups is 1. The number of nitrogens with zero attached hydrogens (tertiary/aromatic N) is 1. The van der Waals surface area contributed by atoms with E-state index in [1.807, 2.05) is 28.1 Å². The molecule has 0 aromatic rings. The summed E-state index contributed by atoms with van der Waals surface area (Å²) < 4.78 is 0.519. The maximum Gasteiger partial charge on any atom is 0.208 e. The molecular weight excluding hydrogens is 174 g/mol. The molecule has 0 radical (unpaired) electrons. The number of likely N-dealkylation sites (N-methyl/N-ethyl adjacent to an activating group) is 1. The third kappa shape index (κ3) is 2.36. The fourth-order valence-corrected chi connectivity index (χ4v) is 1.49. The molecule has 0 fully saturated rings. The molecule has 0 aliphatic rings. The van der Waals surface area contributed by atoms with Gasteiger partial charge in [0.05, 0.1) is 21.1 Å². The smallest absolute Gasteiger partial charge is 0.208 e. The highest BCUT2D eigenvalue weighted by Crippen LogP contribution is 2.25. The Hall–Kier alpha value is 0.230. The van der Waals surface area contributed by atoms with Crippen LogP contribution in [0.1, 0.15) is 13.3 Å². The zero-order chi connectivity index (χ0) is 9.99. The summed E-state index contributed by atoms with van der Waals surface area (Å²) in [5, 5.41) is 18.5. The quantitative estimate of drug-likeness (QED) is 0.337. The van der Waals surface area contributed by atoms with E-state index in [1.165, 1.54) is 0 Å². The Morgan fingerprint density at radius 3 is 1.83 bits per heavy atom. The van der Waals surface area contributed by atoms with Crippen LogP contribution in [0.25, 0.3) is 0 Å². The summed E-state index contributed by atoms with van der Waals surface area (Å²) >= 11 is 4.11. The molecule has 0 spiro atoms. The van der Waals surface area contributed by atoms with Gasteiger partial charge >= 0.3 is 0 Å². The van der Waals surface area contributed by atoms with Gasteiger partial charge in [-0.1, -0.05) is 0 Å². The third-order valence-electron chi connectivity index (χ3n) is 2.71. The van der Waals surface area contributed by atoms with Crippen molar-refractivity contribution >= 4 is 12.6 Å². The van der Waals surface area contributed by atoms with Crippen LogP contribution < -0.4 is 0 Å². The van der Waals surface area contributed by atoms with Crippen molar-refractivity contribution in [2.45, 2.75) is 25.2 Å². The number of hydrogen-bond acceptors (Lipinski definition) is 3. The summed E-state index contributed by atoms with van der Waals surface area (Å²) in [4.78, 5) is 0. The fourth-order valence-electron chi connectivity index (χ4n) is 1.04. The van der Waals surface area contributed by atoms with Gasteiger partial charge in [0.25, 0.3) is 0 Å². The summed E-state index contributed by atoms with van der Waals surface area (Å²) in [6, 6.07) is 0. The minimum absolute atomic E-state index is 0.519. The largest absolute Gasteiger partial charge is 0.363 e. The normalized spacial score (nSPS) is 18.0. The van der Waals surface area contributed by atoms with E-state index in [1.54, 1.807) is 0 Å². The van der Waals surface area contributed by atoms with Gasteiger partial charge in [0.2, 0.25) is 6.29 Å². The van der Waals surface area contributed by atoms with E-state index < -0.39 is 11.8 Å². The van der Waals surface area contributed by atoms with E-state index in [-0.39, 0.29) is 0 Å². The second-order valence-electron chi connectivity index (χ2n) is 4.22. The molecule has 1 atom stereocenters. The fraction of sp³-hybridized carbons (Fsp3) is 1.00. The van der Waals surface area contributed by atoms with E-state index >= 15 is 0 Å². The Bertz CT molecular complexity index is 144. The molecule has 0 rings (SSSR count). The first-order chi connectivity index (χ1) is 5.25. The standard InChI is InChI=1S/C8H19NO2S/c1-8(5-6-12,7(10)11)9(2,3)4/h7,10-11H,5-6H2,1-4H3/p+1. The lowest BCUT2D eigenvalue weighted by atomic mass is 9.94. The molecular formula is C8H20NO2S+. The first-order valence-corrected chi connectivity index (χ1v) is 4.67. The highest BCUT2D eigenvalue weighted by molar-refractivity contribution is 7.80. The SMILES string of the molecule is CC(CCS)(C(O)O)[N+](C)(C)C. The van der Waals surface area contributed by atoms with Crippen molar-refractivity contribution in [1.29, 1.82) is 0 Å². The van der Waals surface area contributed by atoms with Crippen LogP contribution in [0, 0.1) is 0 Å². The van der Waals surface area contributed by atoms with Gasteiger partial charge in [0, 0.05) is 6.42 Å². The van der Waals surface area contributed by atoms with E-state index in [4.69, 9.17) is 0 Å². The Morgan fingerprint density at radius 1 is 1.33 bits per heavy atom. The van der Waals surface area contributed by atoms with Gasteiger partial charge in [-0.3, -0.25) is 0 Å². The molecule has 0 bridgehead atoms. The van der Waals surface area contributed by atoms with Gasteiger partial charge < -0.3 is 14.7 Å². The molecule has 0 amide bonds. The molecule has 2 N–H and O–H groups in total. The monoisotopic (exact) mass is 194 g/mol. The van der Waals surface area contributed by atoms with Crippen molar-refractivity contribution in [3.05, 3.63) is 0 Å². The molecule has 0 saturated carbocycles. The molecule has 0 aliphatic heterocycles. The Kier molecular flexibility index (Phi) is 4.03. The summed E-state index contributed by atoms with van der Waals surface area (Å²) in [6.07, 6.45) is -0.623. The van der Waals surface area contributed by atoms with E-state index in [0.717, 1.165) is 0 Å². The predicted molar refractivity (Wildman–Crippen MR) is 53.1 cm³/mol. The molecule has 0 heterocycles. The van der Waals surface area contributed by atoms with Crippen LogP contribution in [-0.4, -0.2) is 53.4 Å². The van der Waals surface area contributed by atoms with Crippen LogP contribution in [0.3, 0.4) is 0 Å². The average molecular weight is 194 g/mol. The van der Waals surface area contributed by atoms with E-state index in [2.05, 4.69) is 12.6 Å². The Labute approximate surface area is 80.0 Å². The van der Waals surface area contributed by atoms with Gasteiger partial charge in [-0.05, 0) is 12.7 Å². The van der Waals surface area contributed by atoms with Gasteiger partial charge in [-0.15, -0.1) is 0 Å². The van der Waals surface area contributed by atoms with E-state index in [0.29, 0.717) is 16.7 Å². The van der Waals surface area contributed by atoms with Gasteiger partial charge in [0.15, 0.2) is 0 Å². The highest BCUT2D eigenvalue weighted by Gasteiger charge is 2.43. The van der Waals surface area contributed by atoms with Gasteiger partial charge in [-0.25, -0.2) is 0 Å². The maximum absolute atomic E-state index is 9.24. The molecule has 3 nitrogen and oxygen atoms in total. The van der Waals surface area contributed by atoms with Crippen LogP contribution in [0.2, 0.25) is 0 Å². The lowest BCUT2D eigenvalue weighted by Crippen LogP contribution is -2.62.